The molecule has 0 spiro atoms. The van der Waals surface area contributed by atoms with E-state index in [0.29, 0.717) is 6.04 Å². The van der Waals surface area contributed by atoms with E-state index < -0.39 is 0 Å². The molecule has 0 aliphatic heterocycles. The molecule has 1 atom stereocenters. The Balaban J connectivity index is 2.25. The molecule has 1 N–H and O–H groups in total. The highest BCUT2D eigenvalue weighted by Crippen LogP contribution is 2.36. The summed E-state index contributed by atoms with van der Waals surface area (Å²) in [4.78, 5) is 11.5. The zero-order valence-electron chi connectivity index (χ0n) is 13.0. The molecule has 5 nitrogen and oxygen atoms in total. The van der Waals surface area contributed by atoms with Crippen LogP contribution in [0.2, 0.25) is 0 Å². The van der Waals surface area contributed by atoms with E-state index in [9.17, 15) is 0 Å². The van der Waals surface area contributed by atoms with Gasteiger partial charge in [-0.1, -0.05) is 6.92 Å². The minimum absolute atomic E-state index is 0.509. The summed E-state index contributed by atoms with van der Waals surface area (Å²) in [6, 6.07) is 2.54. The third-order valence-electron chi connectivity index (χ3n) is 3.96. The number of nitrogens with one attached hydrogen (secondary N) is 1. The van der Waals surface area contributed by atoms with Crippen LogP contribution >= 0.6 is 0 Å². The van der Waals surface area contributed by atoms with Gasteiger partial charge in [-0.15, -0.1) is 0 Å². The van der Waals surface area contributed by atoms with E-state index in [4.69, 9.17) is 9.72 Å². The molecular weight excluding hydrogens is 252 g/mol. The van der Waals surface area contributed by atoms with E-state index in [-0.39, 0.29) is 0 Å². The van der Waals surface area contributed by atoms with Crippen LogP contribution in [0.3, 0.4) is 0 Å². The van der Waals surface area contributed by atoms with Gasteiger partial charge >= 0.3 is 0 Å². The van der Waals surface area contributed by atoms with Gasteiger partial charge in [0.05, 0.1) is 6.61 Å². The van der Waals surface area contributed by atoms with Crippen LogP contribution < -0.4 is 10.2 Å². The number of anilines is 2. The van der Waals surface area contributed by atoms with Gasteiger partial charge in [-0.3, -0.25) is 0 Å². The first-order chi connectivity index (χ1) is 9.69. The van der Waals surface area contributed by atoms with Crippen molar-refractivity contribution < 1.29 is 4.74 Å². The molecule has 2 rings (SSSR count). The molecule has 112 valence electrons. The Kier molecular flexibility index (Phi) is 5.17. The Morgan fingerprint density at radius 2 is 2.20 bits per heavy atom. The van der Waals surface area contributed by atoms with Crippen LogP contribution in [0.5, 0.6) is 0 Å². The number of aryl methyl sites for hydroxylation is 1. The molecule has 0 amide bonds. The van der Waals surface area contributed by atoms with Crippen molar-refractivity contribution in [2.24, 2.45) is 5.92 Å². The number of ether oxygens (including phenoxy) is 1. The first-order valence-electron chi connectivity index (χ1n) is 7.50. The third kappa shape index (κ3) is 3.60. The topological polar surface area (TPSA) is 50.3 Å². The minimum Gasteiger partial charge on any atom is -0.383 e. The molecular formula is C15H26N4O. The van der Waals surface area contributed by atoms with Gasteiger partial charge in [0.15, 0.2) is 0 Å². The standard InChI is InChI=1S/C15H26N4O/c1-5-13-17-14(16-3)10-15(18-13)19(8-9-20-4)11(2)12-6-7-12/h10-12H,5-9H2,1-4H3,(H,16,17,18). The van der Waals surface area contributed by atoms with Crippen LogP contribution in [0.15, 0.2) is 6.07 Å². The molecule has 1 fully saturated rings. The number of hydrogen-bond acceptors (Lipinski definition) is 5. The summed E-state index contributed by atoms with van der Waals surface area (Å²) in [6.45, 7) is 5.97. The predicted octanol–water partition coefficient (Wildman–Crippen LogP) is 2.33. The average molecular weight is 278 g/mol. The summed E-state index contributed by atoms with van der Waals surface area (Å²) < 4.78 is 5.26. The monoisotopic (exact) mass is 278 g/mol. The summed E-state index contributed by atoms with van der Waals surface area (Å²) in [6.07, 6.45) is 3.50. The van der Waals surface area contributed by atoms with Gasteiger partial charge in [-0.25, -0.2) is 9.97 Å². The Morgan fingerprint density at radius 1 is 1.45 bits per heavy atom. The highest BCUT2D eigenvalue weighted by Gasteiger charge is 2.32. The maximum Gasteiger partial charge on any atom is 0.134 e. The van der Waals surface area contributed by atoms with Gasteiger partial charge in [0.1, 0.15) is 17.5 Å². The zero-order valence-corrected chi connectivity index (χ0v) is 13.0. The quantitative estimate of drug-likeness (QED) is 0.791. The van der Waals surface area contributed by atoms with E-state index in [1.807, 2.05) is 13.1 Å². The lowest BCUT2D eigenvalue weighted by Crippen LogP contribution is -2.38. The maximum absolute atomic E-state index is 5.26. The molecule has 1 heterocycles. The SMILES string of the molecule is CCc1nc(NC)cc(N(CCOC)C(C)C2CC2)n1. The van der Waals surface area contributed by atoms with Crippen molar-refractivity contribution in [2.75, 3.05) is 37.5 Å². The second kappa shape index (κ2) is 6.88. The Labute approximate surface area is 121 Å². The first kappa shape index (κ1) is 15.0. The van der Waals surface area contributed by atoms with E-state index in [1.165, 1.54) is 12.8 Å². The van der Waals surface area contributed by atoms with Gasteiger partial charge < -0.3 is 15.0 Å². The normalized spacial score (nSPS) is 16.0. The van der Waals surface area contributed by atoms with Crippen molar-refractivity contribution >= 4 is 11.6 Å². The summed E-state index contributed by atoms with van der Waals surface area (Å²) >= 11 is 0. The molecule has 1 aromatic heterocycles. The number of aromatic nitrogens is 2. The molecule has 5 heteroatoms. The third-order valence-corrected chi connectivity index (χ3v) is 3.96. The van der Waals surface area contributed by atoms with Crippen molar-refractivity contribution in [3.63, 3.8) is 0 Å². The summed E-state index contributed by atoms with van der Waals surface area (Å²) in [5.41, 5.74) is 0. The van der Waals surface area contributed by atoms with Crippen LogP contribution in [-0.4, -0.2) is 43.3 Å². The fourth-order valence-corrected chi connectivity index (χ4v) is 2.47. The van der Waals surface area contributed by atoms with Crippen LogP contribution in [0.4, 0.5) is 11.6 Å². The number of methoxy groups -OCH3 is 1. The molecule has 0 aromatic carbocycles. The second-order valence-corrected chi connectivity index (χ2v) is 5.40. The van der Waals surface area contributed by atoms with Crippen LogP contribution in [0.25, 0.3) is 0 Å². The van der Waals surface area contributed by atoms with Crippen molar-refractivity contribution in [1.29, 1.82) is 0 Å². The zero-order chi connectivity index (χ0) is 14.5. The fraction of sp³-hybridized carbons (Fsp3) is 0.733. The lowest BCUT2D eigenvalue weighted by atomic mass is 10.2. The molecule has 0 radical (unpaired) electrons. The average Bonchev–Trinajstić information content (AvgIpc) is 3.31. The Hall–Kier alpha value is -1.36. The smallest absolute Gasteiger partial charge is 0.134 e. The van der Waals surface area contributed by atoms with Crippen molar-refractivity contribution in [2.45, 2.75) is 39.2 Å². The highest BCUT2D eigenvalue weighted by atomic mass is 16.5. The summed E-state index contributed by atoms with van der Waals surface area (Å²) in [5, 5.41) is 3.13. The van der Waals surface area contributed by atoms with Crippen LogP contribution in [0, 0.1) is 5.92 Å². The van der Waals surface area contributed by atoms with Crippen LogP contribution in [0.1, 0.15) is 32.5 Å². The van der Waals surface area contributed by atoms with Gasteiger partial charge in [0.25, 0.3) is 0 Å². The van der Waals surface area contributed by atoms with E-state index in [0.717, 1.165) is 43.0 Å². The largest absolute Gasteiger partial charge is 0.383 e. The van der Waals surface area contributed by atoms with E-state index in [2.05, 4.69) is 29.0 Å². The number of nitrogens with zero attached hydrogens (tertiary/aromatic N) is 3. The molecule has 0 saturated heterocycles. The molecule has 1 aliphatic rings. The molecule has 1 saturated carbocycles. The first-order valence-corrected chi connectivity index (χ1v) is 7.50. The second-order valence-electron chi connectivity index (χ2n) is 5.40. The van der Waals surface area contributed by atoms with Gasteiger partial charge in [0.2, 0.25) is 0 Å². The Morgan fingerprint density at radius 3 is 2.75 bits per heavy atom. The summed E-state index contributed by atoms with van der Waals surface area (Å²) in [7, 11) is 3.64. The van der Waals surface area contributed by atoms with Gasteiger partial charge in [-0.05, 0) is 25.7 Å². The molecule has 1 aliphatic carbocycles. The fourth-order valence-electron chi connectivity index (χ4n) is 2.47. The lowest BCUT2D eigenvalue weighted by molar-refractivity contribution is 0.202. The number of rotatable bonds is 8. The van der Waals surface area contributed by atoms with Crippen molar-refractivity contribution in [1.82, 2.24) is 9.97 Å². The van der Waals surface area contributed by atoms with Gasteiger partial charge in [-0.2, -0.15) is 0 Å². The van der Waals surface area contributed by atoms with Crippen LogP contribution in [-0.2, 0) is 11.2 Å². The van der Waals surface area contributed by atoms with Gasteiger partial charge in [0, 0.05) is 39.2 Å². The molecule has 1 unspecified atom stereocenters. The lowest BCUT2D eigenvalue weighted by Gasteiger charge is -2.30. The molecule has 0 bridgehead atoms. The maximum atomic E-state index is 5.26. The Bertz CT molecular complexity index is 412. The van der Waals surface area contributed by atoms with E-state index >= 15 is 0 Å². The molecule has 20 heavy (non-hydrogen) atoms. The molecule has 1 aromatic rings. The summed E-state index contributed by atoms with van der Waals surface area (Å²) in [5.74, 6) is 3.58. The van der Waals surface area contributed by atoms with E-state index in [1.54, 1.807) is 7.11 Å². The van der Waals surface area contributed by atoms with Crippen molar-refractivity contribution in [3.8, 4) is 0 Å². The van der Waals surface area contributed by atoms with Crippen molar-refractivity contribution in [3.05, 3.63) is 11.9 Å². The predicted molar refractivity (Wildman–Crippen MR) is 82.4 cm³/mol. The number of hydrogen-bond donors (Lipinski definition) is 1. The minimum atomic E-state index is 0.509. The highest BCUT2D eigenvalue weighted by molar-refractivity contribution is 5.50.